The predicted molar refractivity (Wildman–Crippen MR) is 143 cm³/mol. The lowest BCUT2D eigenvalue weighted by atomic mass is 10.0. The van der Waals surface area contributed by atoms with Crippen molar-refractivity contribution >= 4 is 23.5 Å². The van der Waals surface area contributed by atoms with Crippen molar-refractivity contribution < 1.29 is 18.0 Å². The van der Waals surface area contributed by atoms with Gasteiger partial charge >= 0.3 is 12.2 Å². The molecule has 1 aromatic heterocycles. The van der Waals surface area contributed by atoms with Gasteiger partial charge in [0, 0.05) is 35.7 Å². The second kappa shape index (κ2) is 12.0. The van der Waals surface area contributed by atoms with Gasteiger partial charge in [0.1, 0.15) is 0 Å². The largest absolute Gasteiger partial charge is 0.416 e. The first-order valence-corrected chi connectivity index (χ1v) is 12.9. The molecule has 0 spiro atoms. The second-order valence-electron chi connectivity index (χ2n) is 8.28. The number of alkyl halides is 3. The summed E-state index contributed by atoms with van der Waals surface area (Å²) in [5.74, 6) is 0.573. The van der Waals surface area contributed by atoms with E-state index in [2.05, 4.69) is 34.3 Å². The first-order valence-electron chi connectivity index (χ1n) is 11.9. The van der Waals surface area contributed by atoms with Gasteiger partial charge in [-0.25, -0.2) is 9.78 Å². The Morgan fingerprint density at radius 3 is 2.14 bits per heavy atom. The summed E-state index contributed by atoms with van der Waals surface area (Å²) < 4.78 is 40.4. The molecule has 0 unspecified atom stereocenters. The number of amides is 2. The molecule has 0 fully saturated rings. The third kappa shape index (κ3) is 6.74. The molecule has 2 N–H and O–H groups in total. The summed E-state index contributed by atoms with van der Waals surface area (Å²) in [7, 11) is 0. The van der Waals surface area contributed by atoms with E-state index in [9.17, 15) is 18.0 Å². The van der Waals surface area contributed by atoms with E-state index in [-0.39, 0.29) is 5.69 Å². The Balaban J connectivity index is 1.44. The van der Waals surface area contributed by atoms with Crippen molar-refractivity contribution in [3.05, 3.63) is 90.5 Å². The zero-order valence-corrected chi connectivity index (χ0v) is 21.1. The van der Waals surface area contributed by atoms with Crippen molar-refractivity contribution in [1.29, 1.82) is 0 Å². The number of urea groups is 1. The third-order valence-corrected chi connectivity index (χ3v) is 6.54. The summed E-state index contributed by atoms with van der Waals surface area (Å²) in [5.41, 5.74) is 3.62. The first-order chi connectivity index (χ1) is 17.9. The molecule has 3 aromatic carbocycles. The van der Waals surface area contributed by atoms with Gasteiger partial charge in [-0.1, -0.05) is 79.3 Å². The highest BCUT2D eigenvalue weighted by atomic mass is 32.2. The van der Waals surface area contributed by atoms with Gasteiger partial charge in [0.05, 0.1) is 17.0 Å². The van der Waals surface area contributed by atoms with Crippen LogP contribution in [0.2, 0.25) is 0 Å². The minimum Gasteiger partial charge on any atom is -0.337 e. The highest BCUT2D eigenvalue weighted by Crippen LogP contribution is 2.36. The average Bonchev–Trinajstić information content (AvgIpc) is 3.26. The summed E-state index contributed by atoms with van der Waals surface area (Å²) in [6.45, 7) is 3.28. The highest BCUT2D eigenvalue weighted by molar-refractivity contribution is 7.99. The SMILES string of the molecule is CCCn1c(SCCNC(=O)Nc2ccc(C(F)(F)F)cc2)nc(-c2ccccc2)c1-c1ccccc1. The molecule has 0 aliphatic rings. The summed E-state index contributed by atoms with van der Waals surface area (Å²) >= 11 is 1.55. The maximum Gasteiger partial charge on any atom is 0.416 e. The molecule has 0 saturated heterocycles. The lowest BCUT2D eigenvalue weighted by molar-refractivity contribution is -0.137. The maximum absolute atomic E-state index is 12.7. The van der Waals surface area contributed by atoms with Crippen LogP contribution in [0.5, 0.6) is 0 Å². The minimum absolute atomic E-state index is 0.289. The van der Waals surface area contributed by atoms with Gasteiger partial charge in [-0.15, -0.1) is 0 Å². The highest BCUT2D eigenvalue weighted by Gasteiger charge is 2.30. The molecule has 37 heavy (non-hydrogen) atoms. The molecule has 2 amide bonds. The summed E-state index contributed by atoms with van der Waals surface area (Å²) in [4.78, 5) is 17.2. The number of imidazole rings is 1. The van der Waals surface area contributed by atoms with Crippen LogP contribution in [0.3, 0.4) is 0 Å². The fourth-order valence-corrected chi connectivity index (χ4v) is 4.77. The Labute approximate surface area is 218 Å². The predicted octanol–water partition coefficient (Wildman–Crippen LogP) is 7.56. The monoisotopic (exact) mass is 524 g/mol. The maximum atomic E-state index is 12.7. The zero-order valence-electron chi connectivity index (χ0n) is 20.3. The van der Waals surface area contributed by atoms with E-state index < -0.39 is 17.8 Å². The molecule has 0 aliphatic heterocycles. The number of anilines is 1. The van der Waals surface area contributed by atoms with Crippen LogP contribution in [0.4, 0.5) is 23.7 Å². The van der Waals surface area contributed by atoms with Gasteiger partial charge in [0.15, 0.2) is 5.16 Å². The third-order valence-electron chi connectivity index (χ3n) is 5.56. The summed E-state index contributed by atoms with van der Waals surface area (Å²) in [5, 5.41) is 6.18. The van der Waals surface area contributed by atoms with Crippen LogP contribution >= 0.6 is 11.8 Å². The average molecular weight is 525 g/mol. The fraction of sp³-hybridized carbons (Fsp3) is 0.214. The summed E-state index contributed by atoms with van der Waals surface area (Å²) in [6, 6.07) is 24.1. The van der Waals surface area contributed by atoms with Gasteiger partial charge < -0.3 is 15.2 Å². The molecule has 4 aromatic rings. The Kier molecular flexibility index (Phi) is 8.55. The van der Waals surface area contributed by atoms with Crippen molar-refractivity contribution in [2.75, 3.05) is 17.6 Å². The molecule has 4 rings (SSSR count). The lowest BCUT2D eigenvalue weighted by Gasteiger charge is -2.12. The topological polar surface area (TPSA) is 59.0 Å². The van der Waals surface area contributed by atoms with Crippen LogP contribution in [0.15, 0.2) is 90.1 Å². The second-order valence-corrected chi connectivity index (χ2v) is 9.34. The van der Waals surface area contributed by atoms with Crippen molar-refractivity contribution in [1.82, 2.24) is 14.9 Å². The fourth-order valence-electron chi connectivity index (χ4n) is 3.88. The number of carbonyl (C=O) groups excluding carboxylic acids is 1. The number of nitrogens with one attached hydrogen (secondary N) is 2. The molecule has 0 aliphatic carbocycles. The normalized spacial score (nSPS) is 11.4. The van der Waals surface area contributed by atoms with E-state index in [0.717, 1.165) is 52.8 Å². The molecular formula is C28H27F3N4OS. The molecule has 1 heterocycles. The lowest BCUT2D eigenvalue weighted by Crippen LogP contribution is -2.30. The van der Waals surface area contributed by atoms with E-state index in [1.807, 2.05) is 48.5 Å². The van der Waals surface area contributed by atoms with Crippen molar-refractivity contribution in [3.63, 3.8) is 0 Å². The van der Waals surface area contributed by atoms with Gasteiger partial charge in [0.2, 0.25) is 0 Å². The molecule has 9 heteroatoms. The van der Waals surface area contributed by atoms with Crippen LogP contribution in [0, 0.1) is 0 Å². The smallest absolute Gasteiger partial charge is 0.337 e. The van der Waals surface area contributed by atoms with Crippen molar-refractivity contribution in [2.24, 2.45) is 0 Å². The molecule has 0 radical (unpaired) electrons. The minimum atomic E-state index is -4.41. The van der Waals surface area contributed by atoms with E-state index in [1.54, 1.807) is 11.8 Å². The molecule has 192 valence electrons. The molecule has 0 bridgehead atoms. The summed E-state index contributed by atoms with van der Waals surface area (Å²) in [6.07, 6.45) is -3.48. The van der Waals surface area contributed by atoms with E-state index in [0.29, 0.717) is 12.3 Å². The Morgan fingerprint density at radius 1 is 0.919 bits per heavy atom. The van der Waals surface area contributed by atoms with Crippen LogP contribution < -0.4 is 10.6 Å². The number of thioether (sulfide) groups is 1. The quantitative estimate of drug-likeness (QED) is 0.175. The zero-order chi connectivity index (χ0) is 26.3. The first kappa shape index (κ1) is 26.3. The van der Waals surface area contributed by atoms with Crippen LogP contribution in [-0.2, 0) is 12.7 Å². The number of rotatable bonds is 9. The van der Waals surface area contributed by atoms with E-state index in [1.165, 1.54) is 12.1 Å². The van der Waals surface area contributed by atoms with Crippen LogP contribution in [0.25, 0.3) is 22.5 Å². The number of halogens is 3. The van der Waals surface area contributed by atoms with Crippen LogP contribution in [-0.4, -0.2) is 27.9 Å². The van der Waals surface area contributed by atoms with Crippen molar-refractivity contribution in [2.45, 2.75) is 31.2 Å². The number of carbonyl (C=O) groups is 1. The van der Waals surface area contributed by atoms with E-state index in [4.69, 9.17) is 4.98 Å². The molecule has 0 atom stereocenters. The Morgan fingerprint density at radius 2 is 1.54 bits per heavy atom. The number of hydrogen-bond acceptors (Lipinski definition) is 3. The Hall–Kier alpha value is -3.72. The number of hydrogen-bond donors (Lipinski definition) is 2. The van der Waals surface area contributed by atoms with E-state index >= 15 is 0 Å². The Bertz CT molecular complexity index is 1310. The van der Waals surface area contributed by atoms with Gasteiger partial charge in [0.25, 0.3) is 0 Å². The number of aromatic nitrogens is 2. The molecule has 5 nitrogen and oxygen atoms in total. The molecule has 0 saturated carbocycles. The van der Waals surface area contributed by atoms with Gasteiger partial charge in [-0.2, -0.15) is 13.2 Å². The standard InChI is InChI=1S/C28H27F3N4OS/c1-2-18-35-25(21-11-7-4-8-12-21)24(20-9-5-3-6-10-20)34-27(35)37-19-17-32-26(36)33-23-15-13-22(14-16-23)28(29,30)31/h3-16H,2,17-19H2,1H3,(H2,32,33,36). The number of benzene rings is 3. The van der Waals surface area contributed by atoms with Gasteiger partial charge in [-0.3, -0.25) is 0 Å². The van der Waals surface area contributed by atoms with Crippen molar-refractivity contribution in [3.8, 4) is 22.5 Å². The number of nitrogens with zero attached hydrogens (tertiary/aromatic N) is 2. The van der Waals surface area contributed by atoms with Crippen LogP contribution in [0.1, 0.15) is 18.9 Å². The molecular weight excluding hydrogens is 497 g/mol. The van der Waals surface area contributed by atoms with Gasteiger partial charge in [-0.05, 0) is 30.7 Å².